The van der Waals surface area contributed by atoms with E-state index >= 15 is 0 Å². The number of hydrogen-bond acceptors (Lipinski definition) is 4. The highest BCUT2D eigenvalue weighted by Gasteiger charge is 2.11. The van der Waals surface area contributed by atoms with E-state index in [1.807, 2.05) is 57.2 Å². The molecule has 6 heteroatoms. The molecule has 3 aromatic rings. The number of nitrogens with two attached hydrogens (primary N) is 1. The number of fused-ring (bicyclic) bond motifs is 1. The molecule has 0 spiro atoms. The van der Waals surface area contributed by atoms with Crippen molar-refractivity contribution in [2.24, 2.45) is 5.73 Å². The Bertz CT molecular complexity index is 1060. The molecular weight excluding hydrogens is 354 g/mol. The highest BCUT2D eigenvalue weighted by molar-refractivity contribution is 5.96. The van der Waals surface area contributed by atoms with Crippen molar-refractivity contribution >= 4 is 28.4 Å². The lowest BCUT2D eigenvalue weighted by atomic mass is 10.0. The third kappa shape index (κ3) is 4.28. The van der Waals surface area contributed by atoms with Crippen LogP contribution in [-0.2, 0) is 9.59 Å². The molecule has 0 aliphatic heterocycles. The zero-order valence-corrected chi connectivity index (χ0v) is 16.2. The zero-order valence-electron chi connectivity index (χ0n) is 16.2. The molecular formula is C22H23N3O3. The summed E-state index contributed by atoms with van der Waals surface area (Å²) in [6, 6.07) is 13.3. The zero-order chi connectivity index (χ0) is 20.3. The van der Waals surface area contributed by atoms with Crippen LogP contribution in [0.2, 0.25) is 0 Å². The summed E-state index contributed by atoms with van der Waals surface area (Å²) in [5.41, 5.74) is 10.5. The van der Waals surface area contributed by atoms with Gasteiger partial charge in [0.05, 0.1) is 11.2 Å². The molecule has 1 aromatic heterocycles. The van der Waals surface area contributed by atoms with Gasteiger partial charge in [0.2, 0.25) is 5.91 Å². The van der Waals surface area contributed by atoms with E-state index in [-0.39, 0.29) is 12.5 Å². The second kappa shape index (κ2) is 8.08. The van der Waals surface area contributed by atoms with Crippen LogP contribution in [-0.4, -0.2) is 23.4 Å². The van der Waals surface area contributed by atoms with Crippen LogP contribution in [0.15, 0.2) is 42.5 Å². The van der Waals surface area contributed by atoms with Gasteiger partial charge in [-0.25, -0.2) is 4.98 Å². The molecule has 28 heavy (non-hydrogen) atoms. The van der Waals surface area contributed by atoms with Crippen molar-refractivity contribution in [3.8, 4) is 17.0 Å². The molecule has 0 saturated carbocycles. The Balaban J connectivity index is 2.01. The first-order chi connectivity index (χ1) is 13.4. The van der Waals surface area contributed by atoms with Crippen LogP contribution in [0.4, 0.5) is 5.69 Å². The summed E-state index contributed by atoms with van der Waals surface area (Å²) in [6.45, 7) is 5.65. The lowest BCUT2D eigenvalue weighted by Gasteiger charge is -2.13. The summed E-state index contributed by atoms with van der Waals surface area (Å²) in [5.74, 6) is 0.0191. The van der Waals surface area contributed by atoms with Crippen molar-refractivity contribution in [1.29, 1.82) is 0 Å². The van der Waals surface area contributed by atoms with Crippen LogP contribution < -0.4 is 15.8 Å². The molecule has 0 aliphatic carbocycles. The molecule has 0 fully saturated rings. The fourth-order valence-corrected chi connectivity index (χ4v) is 3.03. The summed E-state index contributed by atoms with van der Waals surface area (Å²) in [6.07, 6.45) is 0.432. The Labute approximate surface area is 163 Å². The van der Waals surface area contributed by atoms with Crippen molar-refractivity contribution in [2.75, 3.05) is 11.9 Å². The van der Waals surface area contributed by atoms with E-state index in [0.717, 1.165) is 39.0 Å². The molecule has 0 atom stereocenters. The molecule has 3 rings (SSSR count). The largest absolute Gasteiger partial charge is 0.484 e. The second-order valence-corrected chi connectivity index (χ2v) is 6.70. The molecule has 2 amide bonds. The monoisotopic (exact) mass is 377 g/mol. The van der Waals surface area contributed by atoms with Crippen molar-refractivity contribution in [3.63, 3.8) is 0 Å². The quantitative estimate of drug-likeness (QED) is 0.684. The first kappa shape index (κ1) is 19.4. The van der Waals surface area contributed by atoms with Gasteiger partial charge in [0.1, 0.15) is 5.75 Å². The lowest BCUT2D eigenvalue weighted by molar-refractivity contribution is -0.120. The first-order valence-electron chi connectivity index (χ1n) is 9.10. The highest BCUT2D eigenvalue weighted by atomic mass is 16.5. The van der Waals surface area contributed by atoms with E-state index in [9.17, 15) is 9.59 Å². The Morgan fingerprint density at radius 1 is 1.11 bits per heavy atom. The van der Waals surface area contributed by atoms with Gasteiger partial charge in [-0.05, 0) is 55.3 Å². The van der Waals surface area contributed by atoms with Gasteiger partial charge in [-0.2, -0.15) is 0 Å². The topological polar surface area (TPSA) is 94.3 Å². The molecule has 0 aliphatic rings. The average molecular weight is 377 g/mol. The maximum atomic E-state index is 11.7. The van der Waals surface area contributed by atoms with Gasteiger partial charge >= 0.3 is 0 Å². The van der Waals surface area contributed by atoms with Gasteiger partial charge in [0.15, 0.2) is 6.61 Å². The number of rotatable bonds is 6. The van der Waals surface area contributed by atoms with Gasteiger partial charge in [-0.15, -0.1) is 0 Å². The van der Waals surface area contributed by atoms with Crippen molar-refractivity contribution < 1.29 is 14.3 Å². The number of hydrogen-bond donors (Lipinski definition) is 2. The highest BCUT2D eigenvalue weighted by Crippen LogP contribution is 2.30. The van der Waals surface area contributed by atoms with Crippen molar-refractivity contribution in [3.05, 3.63) is 53.6 Å². The Morgan fingerprint density at radius 2 is 1.89 bits per heavy atom. The number of nitrogens with zero attached hydrogens (tertiary/aromatic N) is 1. The maximum absolute atomic E-state index is 11.7. The predicted octanol–water partition coefficient (Wildman–Crippen LogP) is 3.73. The fraction of sp³-hybridized carbons (Fsp3) is 0.227. The smallest absolute Gasteiger partial charge is 0.255 e. The summed E-state index contributed by atoms with van der Waals surface area (Å²) in [7, 11) is 0. The number of pyridine rings is 1. The number of benzene rings is 2. The third-order valence-electron chi connectivity index (χ3n) is 4.43. The van der Waals surface area contributed by atoms with Crippen LogP contribution in [0.5, 0.6) is 5.75 Å². The van der Waals surface area contributed by atoms with Gasteiger partial charge in [0, 0.05) is 23.1 Å². The predicted molar refractivity (Wildman–Crippen MR) is 110 cm³/mol. The molecule has 3 N–H and O–H groups in total. The van der Waals surface area contributed by atoms with E-state index in [2.05, 4.69) is 5.32 Å². The number of amides is 2. The van der Waals surface area contributed by atoms with E-state index in [4.69, 9.17) is 15.5 Å². The summed E-state index contributed by atoms with van der Waals surface area (Å²) < 4.78 is 5.39. The molecule has 144 valence electrons. The lowest BCUT2D eigenvalue weighted by Crippen LogP contribution is -2.19. The van der Waals surface area contributed by atoms with Crippen LogP contribution in [0.3, 0.4) is 0 Å². The normalized spacial score (nSPS) is 10.7. The number of nitrogens with one attached hydrogen (secondary N) is 1. The number of ether oxygens (including phenoxy) is 1. The Morgan fingerprint density at radius 3 is 2.61 bits per heavy atom. The Hall–Kier alpha value is -3.41. The summed E-state index contributed by atoms with van der Waals surface area (Å²) >= 11 is 0. The van der Waals surface area contributed by atoms with Crippen LogP contribution in [0.1, 0.15) is 24.5 Å². The van der Waals surface area contributed by atoms with Crippen LogP contribution in [0, 0.1) is 13.8 Å². The first-order valence-corrected chi connectivity index (χ1v) is 9.10. The van der Waals surface area contributed by atoms with Gasteiger partial charge in [-0.3, -0.25) is 9.59 Å². The molecule has 0 bridgehead atoms. The standard InChI is InChI=1S/C22H23N3O3/c1-4-21(27)24-16-8-14(3)22-18(11-16)13(2)9-19(25-22)15-6-5-7-17(10-15)28-12-20(23)26/h5-11H,4,12H2,1-3H3,(H2,23,26)(H,24,27). The van der Waals surface area contributed by atoms with Crippen molar-refractivity contribution in [1.82, 2.24) is 4.98 Å². The fourth-order valence-electron chi connectivity index (χ4n) is 3.03. The number of primary amides is 1. The minimum atomic E-state index is -0.522. The van der Waals surface area contributed by atoms with Crippen molar-refractivity contribution in [2.45, 2.75) is 27.2 Å². The number of carbonyl (C=O) groups excluding carboxylic acids is 2. The molecule has 0 unspecified atom stereocenters. The van der Waals surface area contributed by atoms with E-state index < -0.39 is 5.91 Å². The van der Waals surface area contributed by atoms with Crippen LogP contribution in [0.25, 0.3) is 22.2 Å². The maximum Gasteiger partial charge on any atom is 0.255 e. The second-order valence-electron chi connectivity index (χ2n) is 6.70. The number of anilines is 1. The molecule has 0 saturated heterocycles. The number of carbonyl (C=O) groups is 2. The van der Waals surface area contributed by atoms with Crippen LogP contribution >= 0.6 is 0 Å². The van der Waals surface area contributed by atoms with Gasteiger partial charge < -0.3 is 15.8 Å². The Kier molecular flexibility index (Phi) is 5.59. The van der Waals surface area contributed by atoms with E-state index in [0.29, 0.717) is 12.2 Å². The minimum absolute atomic E-state index is 0.0197. The van der Waals surface area contributed by atoms with E-state index in [1.54, 1.807) is 6.07 Å². The molecule has 1 heterocycles. The summed E-state index contributed by atoms with van der Waals surface area (Å²) in [5, 5.41) is 3.90. The average Bonchev–Trinajstić information content (AvgIpc) is 2.67. The van der Waals surface area contributed by atoms with Gasteiger partial charge in [-0.1, -0.05) is 19.1 Å². The summed E-state index contributed by atoms with van der Waals surface area (Å²) in [4.78, 5) is 27.5. The minimum Gasteiger partial charge on any atom is -0.484 e. The number of aryl methyl sites for hydroxylation is 2. The van der Waals surface area contributed by atoms with E-state index in [1.165, 1.54) is 0 Å². The number of aromatic nitrogens is 1. The van der Waals surface area contributed by atoms with Gasteiger partial charge in [0.25, 0.3) is 5.91 Å². The molecule has 2 aromatic carbocycles. The SMILES string of the molecule is CCC(=O)Nc1cc(C)c2nc(-c3cccc(OCC(N)=O)c3)cc(C)c2c1. The third-order valence-corrected chi connectivity index (χ3v) is 4.43. The molecule has 0 radical (unpaired) electrons. The molecule has 6 nitrogen and oxygen atoms in total.